The van der Waals surface area contributed by atoms with E-state index in [9.17, 15) is 0 Å². The van der Waals surface area contributed by atoms with E-state index in [1.54, 1.807) is 6.07 Å². The summed E-state index contributed by atoms with van der Waals surface area (Å²) in [6.45, 7) is 2.99. The van der Waals surface area contributed by atoms with Gasteiger partial charge in [-0.25, -0.2) is 0 Å². The maximum absolute atomic E-state index is 5.99. The third kappa shape index (κ3) is 5.16. The minimum atomic E-state index is 0.452. The number of nitrogens with one attached hydrogen (secondary N) is 1. The van der Waals surface area contributed by atoms with Gasteiger partial charge in [-0.05, 0) is 49.1 Å². The normalized spacial score (nSPS) is 12.3. The lowest BCUT2D eigenvalue weighted by molar-refractivity contribution is 0.514. The van der Waals surface area contributed by atoms with Crippen LogP contribution in [0.5, 0.6) is 0 Å². The van der Waals surface area contributed by atoms with E-state index in [0.29, 0.717) is 16.1 Å². The Bertz CT molecular complexity index is 520. The average molecular weight is 308 g/mol. The summed E-state index contributed by atoms with van der Waals surface area (Å²) >= 11 is 12.0. The summed E-state index contributed by atoms with van der Waals surface area (Å²) in [6.07, 6.45) is 2.20. The van der Waals surface area contributed by atoms with Gasteiger partial charge in [-0.2, -0.15) is 0 Å². The van der Waals surface area contributed by atoms with E-state index in [1.165, 1.54) is 5.56 Å². The molecular formula is C17H19Cl2N. The fourth-order valence-electron chi connectivity index (χ4n) is 2.14. The second kappa shape index (κ2) is 7.68. The summed E-state index contributed by atoms with van der Waals surface area (Å²) in [7, 11) is 0. The molecule has 0 radical (unpaired) electrons. The maximum atomic E-state index is 5.99. The fraction of sp³-hybridized carbons (Fsp3) is 0.294. The van der Waals surface area contributed by atoms with Gasteiger partial charge in [0, 0.05) is 22.6 Å². The van der Waals surface area contributed by atoms with Gasteiger partial charge in [-0.15, -0.1) is 0 Å². The first-order chi connectivity index (χ1) is 9.63. The number of rotatable bonds is 6. The highest BCUT2D eigenvalue weighted by Gasteiger charge is 2.04. The average Bonchev–Trinajstić information content (AvgIpc) is 2.43. The molecule has 0 saturated carbocycles. The second-order valence-electron chi connectivity index (χ2n) is 5.08. The minimum absolute atomic E-state index is 0.452. The molecule has 0 saturated heterocycles. The molecule has 20 heavy (non-hydrogen) atoms. The zero-order valence-corrected chi connectivity index (χ0v) is 13.1. The molecular weight excluding hydrogens is 289 g/mol. The van der Waals surface area contributed by atoms with Gasteiger partial charge in [0.15, 0.2) is 0 Å². The smallest absolute Gasteiger partial charge is 0.0424 e. The van der Waals surface area contributed by atoms with Gasteiger partial charge in [-0.3, -0.25) is 0 Å². The van der Waals surface area contributed by atoms with Gasteiger partial charge < -0.3 is 5.32 Å². The summed E-state index contributed by atoms with van der Waals surface area (Å²) in [6, 6.07) is 16.7. The number of aryl methyl sites for hydroxylation is 1. The van der Waals surface area contributed by atoms with Crippen LogP contribution in [0.15, 0.2) is 48.5 Å². The van der Waals surface area contributed by atoms with Crippen LogP contribution in [0.3, 0.4) is 0 Å². The van der Waals surface area contributed by atoms with Crippen molar-refractivity contribution in [3.05, 3.63) is 69.7 Å². The molecule has 0 aliphatic carbocycles. The van der Waals surface area contributed by atoms with Crippen LogP contribution in [0.4, 0.5) is 0 Å². The van der Waals surface area contributed by atoms with E-state index in [1.807, 2.05) is 18.2 Å². The Morgan fingerprint density at radius 3 is 2.25 bits per heavy atom. The zero-order valence-electron chi connectivity index (χ0n) is 11.6. The molecule has 0 amide bonds. The topological polar surface area (TPSA) is 12.0 Å². The van der Waals surface area contributed by atoms with Crippen molar-refractivity contribution in [2.75, 3.05) is 0 Å². The predicted octanol–water partition coefficient (Wildman–Crippen LogP) is 5.10. The lowest BCUT2D eigenvalue weighted by atomic mass is 10.1. The first-order valence-corrected chi connectivity index (χ1v) is 7.61. The predicted molar refractivity (Wildman–Crippen MR) is 87.5 cm³/mol. The molecule has 0 fully saturated rings. The van der Waals surface area contributed by atoms with E-state index in [2.05, 4.69) is 36.5 Å². The van der Waals surface area contributed by atoms with Crippen molar-refractivity contribution in [2.24, 2.45) is 0 Å². The number of benzene rings is 2. The molecule has 0 aliphatic rings. The summed E-state index contributed by atoms with van der Waals surface area (Å²) in [4.78, 5) is 0. The molecule has 0 heterocycles. The van der Waals surface area contributed by atoms with Crippen LogP contribution in [-0.4, -0.2) is 6.04 Å². The largest absolute Gasteiger partial charge is 0.310 e. The molecule has 2 aromatic rings. The Hall–Kier alpha value is -1.02. The van der Waals surface area contributed by atoms with Gasteiger partial charge in [0.05, 0.1) is 0 Å². The van der Waals surface area contributed by atoms with Crippen LogP contribution in [0.25, 0.3) is 0 Å². The Morgan fingerprint density at radius 2 is 1.60 bits per heavy atom. The summed E-state index contributed by atoms with van der Waals surface area (Å²) in [5.41, 5.74) is 2.50. The van der Waals surface area contributed by atoms with Crippen LogP contribution in [0, 0.1) is 0 Å². The van der Waals surface area contributed by atoms with Crippen LogP contribution in [-0.2, 0) is 13.0 Å². The Morgan fingerprint density at radius 1 is 0.950 bits per heavy atom. The lowest BCUT2D eigenvalue weighted by Crippen LogP contribution is -2.25. The third-order valence-corrected chi connectivity index (χ3v) is 3.72. The van der Waals surface area contributed by atoms with Gasteiger partial charge in [0.2, 0.25) is 0 Å². The standard InChI is InChI=1S/C17H19Cl2N/c1-13(7-8-14-5-3-2-4-6-14)20-12-15-9-16(18)11-17(19)10-15/h2-6,9-11,13,20H,7-8,12H2,1H3. The highest BCUT2D eigenvalue weighted by molar-refractivity contribution is 6.34. The van der Waals surface area contributed by atoms with Gasteiger partial charge >= 0.3 is 0 Å². The lowest BCUT2D eigenvalue weighted by Gasteiger charge is -2.14. The summed E-state index contributed by atoms with van der Waals surface area (Å²) < 4.78 is 0. The van der Waals surface area contributed by atoms with Crippen LogP contribution in [0.1, 0.15) is 24.5 Å². The fourth-order valence-corrected chi connectivity index (χ4v) is 2.71. The van der Waals surface area contributed by atoms with Crippen molar-refractivity contribution in [1.82, 2.24) is 5.32 Å². The van der Waals surface area contributed by atoms with Gasteiger partial charge in [0.25, 0.3) is 0 Å². The highest BCUT2D eigenvalue weighted by Crippen LogP contribution is 2.19. The third-order valence-electron chi connectivity index (χ3n) is 3.29. The maximum Gasteiger partial charge on any atom is 0.0424 e. The van der Waals surface area contributed by atoms with E-state index >= 15 is 0 Å². The van der Waals surface area contributed by atoms with Crippen LogP contribution in [0.2, 0.25) is 10.0 Å². The van der Waals surface area contributed by atoms with Crippen LogP contribution < -0.4 is 5.32 Å². The number of hydrogen-bond acceptors (Lipinski definition) is 1. The first-order valence-electron chi connectivity index (χ1n) is 6.86. The van der Waals surface area contributed by atoms with Gasteiger partial charge in [-0.1, -0.05) is 53.5 Å². The molecule has 3 heteroatoms. The van der Waals surface area contributed by atoms with Gasteiger partial charge in [0.1, 0.15) is 0 Å². The van der Waals surface area contributed by atoms with E-state index < -0.39 is 0 Å². The number of hydrogen-bond donors (Lipinski definition) is 1. The van der Waals surface area contributed by atoms with Crippen molar-refractivity contribution in [3.8, 4) is 0 Å². The molecule has 0 spiro atoms. The monoisotopic (exact) mass is 307 g/mol. The molecule has 1 atom stereocenters. The van der Waals surface area contributed by atoms with Crippen molar-refractivity contribution >= 4 is 23.2 Å². The minimum Gasteiger partial charge on any atom is -0.310 e. The van der Waals surface area contributed by atoms with E-state index in [4.69, 9.17) is 23.2 Å². The van der Waals surface area contributed by atoms with Crippen molar-refractivity contribution in [3.63, 3.8) is 0 Å². The Kier molecular flexibility index (Phi) is 5.90. The van der Waals surface area contributed by atoms with E-state index in [0.717, 1.165) is 24.9 Å². The van der Waals surface area contributed by atoms with Crippen LogP contribution >= 0.6 is 23.2 Å². The van der Waals surface area contributed by atoms with Crippen molar-refractivity contribution < 1.29 is 0 Å². The quantitative estimate of drug-likeness (QED) is 0.782. The number of halogens is 2. The molecule has 1 N–H and O–H groups in total. The zero-order chi connectivity index (χ0) is 14.4. The van der Waals surface area contributed by atoms with Crippen molar-refractivity contribution in [1.29, 1.82) is 0 Å². The molecule has 0 bridgehead atoms. The molecule has 1 nitrogen and oxygen atoms in total. The first kappa shape index (κ1) is 15.4. The Labute approximate surface area is 130 Å². The van der Waals surface area contributed by atoms with Crippen molar-refractivity contribution in [2.45, 2.75) is 32.4 Å². The molecule has 0 aromatic heterocycles. The molecule has 2 rings (SSSR count). The SMILES string of the molecule is CC(CCc1ccccc1)NCc1cc(Cl)cc(Cl)c1. The molecule has 106 valence electrons. The highest BCUT2D eigenvalue weighted by atomic mass is 35.5. The molecule has 1 unspecified atom stereocenters. The second-order valence-corrected chi connectivity index (χ2v) is 5.96. The molecule has 2 aromatic carbocycles. The van der Waals surface area contributed by atoms with E-state index in [-0.39, 0.29) is 0 Å². The Balaban J connectivity index is 1.78. The summed E-state index contributed by atoms with van der Waals surface area (Å²) in [5, 5.41) is 4.88. The summed E-state index contributed by atoms with van der Waals surface area (Å²) in [5.74, 6) is 0. The molecule has 0 aliphatic heterocycles.